The molecule has 0 spiro atoms. The second-order valence-corrected chi connectivity index (χ2v) is 5.45. The first-order chi connectivity index (χ1) is 9.19. The maximum atomic E-state index is 12.0. The molecule has 0 saturated carbocycles. The van der Waals surface area contributed by atoms with Crippen molar-refractivity contribution in [3.05, 3.63) is 28.3 Å². The lowest BCUT2D eigenvalue weighted by atomic mass is 10.3. The highest BCUT2D eigenvalue weighted by Crippen LogP contribution is 2.28. The Kier molecular flexibility index (Phi) is 4.63. The van der Waals surface area contributed by atoms with Crippen LogP contribution in [0.15, 0.2) is 23.1 Å². The molecule has 0 unspecified atom stereocenters. The number of sulfonamides is 1. The van der Waals surface area contributed by atoms with Gasteiger partial charge in [0.15, 0.2) is 4.90 Å². The highest BCUT2D eigenvalue weighted by molar-refractivity contribution is 7.89. The largest absolute Gasteiger partial charge is 0.497 e. The van der Waals surface area contributed by atoms with E-state index in [1.54, 1.807) is 0 Å². The summed E-state index contributed by atoms with van der Waals surface area (Å²) in [5.74, 6) is -1.29. The molecule has 0 saturated heterocycles. The molecule has 0 heterocycles. The van der Waals surface area contributed by atoms with Crippen molar-refractivity contribution in [3.63, 3.8) is 0 Å². The van der Waals surface area contributed by atoms with Crippen LogP contribution in [0.25, 0.3) is 0 Å². The van der Waals surface area contributed by atoms with Gasteiger partial charge in [-0.05, 0) is 19.1 Å². The van der Waals surface area contributed by atoms with Crippen LogP contribution in [0.5, 0.6) is 5.75 Å². The van der Waals surface area contributed by atoms with E-state index in [2.05, 4.69) is 0 Å². The number of carboxylic acid groups (broad SMARTS) is 1. The standard InChI is InChI=1S/C10H12N2O7S/c1-6(10(13)14)11-20(17,18)9-4-3-7(19-2)5-8(9)12(15)16/h3-6,11H,1-2H3,(H,13,14)/t6-/m1/s1. The predicted octanol–water partition coefficient (Wildman–Crippen LogP) is 0.355. The number of hydrogen-bond acceptors (Lipinski definition) is 6. The van der Waals surface area contributed by atoms with Crippen LogP contribution in [-0.2, 0) is 14.8 Å². The molecule has 110 valence electrons. The number of methoxy groups -OCH3 is 1. The number of ether oxygens (including phenoxy) is 1. The lowest BCUT2D eigenvalue weighted by Crippen LogP contribution is -2.38. The smallest absolute Gasteiger partial charge is 0.321 e. The maximum absolute atomic E-state index is 12.0. The van der Waals surface area contributed by atoms with Crippen molar-refractivity contribution in [1.29, 1.82) is 0 Å². The van der Waals surface area contributed by atoms with Gasteiger partial charge in [0.05, 0.1) is 18.1 Å². The minimum absolute atomic E-state index is 0.113. The first kappa shape index (κ1) is 15.9. The Labute approximate surface area is 114 Å². The minimum atomic E-state index is -4.33. The van der Waals surface area contributed by atoms with E-state index in [1.165, 1.54) is 13.2 Å². The lowest BCUT2D eigenvalue weighted by Gasteiger charge is -2.11. The van der Waals surface area contributed by atoms with Crippen LogP contribution in [-0.4, -0.2) is 37.6 Å². The summed E-state index contributed by atoms with van der Waals surface area (Å²) in [6.45, 7) is 1.11. The monoisotopic (exact) mass is 304 g/mol. The Morgan fingerprint density at radius 2 is 2.10 bits per heavy atom. The SMILES string of the molecule is COc1ccc(S(=O)(=O)N[C@H](C)C(=O)O)c([N+](=O)[O-])c1. The van der Waals surface area contributed by atoms with Crippen molar-refractivity contribution in [3.8, 4) is 5.75 Å². The zero-order valence-corrected chi connectivity index (χ0v) is 11.4. The molecule has 20 heavy (non-hydrogen) atoms. The number of carbonyl (C=O) groups is 1. The Hall–Kier alpha value is -2.20. The fourth-order valence-electron chi connectivity index (χ4n) is 1.34. The Morgan fingerprint density at radius 3 is 2.55 bits per heavy atom. The van der Waals surface area contributed by atoms with Gasteiger partial charge in [-0.15, -0.1) is 0 Å². The first-order valence-corrected chi connectivity index (χ1v) is 6.75. The van der Waals surface area contributed by atoms with Gasteiger partial charge in [-0.1, -0.05) is 0 Å². The molecule has 1 rings (SSSR count). The number of rotatable bonds is 6. The molecule has 0 amide bonds. The molecule has 0 radical (unpaired) electrons. The number of aliphatic carboxylic acids is 1. The Balaban J connectivity index is 3.31. The molecule has 10 heteroatoms. The molecular weight excluding hydrogens is 292 g/mol. The van der Waals surface area contributed by atoms with Gasteiger partial charge in [0.1, 0.15) is 11.8 Å². The fraction of sp³-hybridized carbons (Fsp3) is 0.300. The summed E-state index contributed by atoms with van der Waals surface area (Å²) in [5, 5.41) is 19.6. The molecular formula is C10H12N2O7S. The summed E-state index contributed by atoms with van der Waals surface area (Å²) in [6.07, 6.45) is 0. The second-order valence-electron chi connectivity index (χ2n) is 3.77. The minimum Gasteiger partial charge on any atom is -0.497 e. The van der Waals surface area contributed by atoms with Crippen LogP contribution in [0.1, 0.15) is 6.92 Å². The van der Waals surface area contributed by atoms with E-state index in [0.717, 1.165) is 19.1 Å². The van der Waals surface area contributed by atoms with E-state index in [4.69, 9.17) is 9.84 Å². The number of nitrogens with one attached hydrogen (secondary N) is 1. The third-order valence-corrected chi connectivity index (χ3v) is 3.94. The number of nitrogens with zero attached hydrogens (tertiary/aromatic N) is 1. The molecule has 0 bridgehead atoms. The summed E-state index contributed by atoms with van der Waals surface area (Å²) >= 11 is 0. The molecule has 2 N–H and O–H groups in total. The van der Waals surface area contributed by atoms with E-state index < -0.39 is 37.5 Å². The van der Waals surface area contributed by atoms with E-state index in [0.29, 0.717) is 0 Å². The van der Waals surface area contributed by atoms with Gasteiger partial charge in [0.25, 0.3) is 5.69 Å². The van der Waals surface area contributed by atoms with Crippen LogP contribution < -0.4 is 9.46 Å². The normalized spacial score (nSPS) is 12.7. The average Bonchev–Trinajstić information content (AvgIpc) is 2.37. The topological polar surface area (TPSA) is 136 Å². The molecule has 0 aromatic heterocycles. The summed E-state index contributed by atoms with van der Waals surface area (Å²) < 4.78 is 30.5. The van der Waals surface area contributed by atoms with Crippen molar-refractivity contribution >= 4 is 21.7 Å². The van der Waals surface area contributed by atoms with Gasteiger partial charge in [-0.3, -0.25) is 14.9 Å². The zero-order valence-electron chi connectivity index (χ0n) is 10.6. The molecule has 0 aliphatic rings. The number of benzene rings is 1. The van der Waals surface area contributed by atoms with Gasteiger partial charge in [-0.25, -0.2) is 8.42 Å². The second kappa shape index (κ2) is 5.84. The van der Waals surface area contributed by atoms with E-state index in [1.807, 2.05) is 4.72 Å². The zero-order chi connectivity index (χ0) is 15.5. The third kappa shape index (κ3) is 3.42. The van der Waals surface area contributed by atoms with Crippen LogP contribution in [0.4, 0.5) is 5.69 Å². The van der Waals surface area contributed by atoms with Gasteiger partial charge < -0.3 is 9.84 Å². The summed E-state index contributed by atoms with van der Waals surface area (Å²) in [7, 11) is -3.06. The lowest BCUT2D eigenvalue weighted by molar-refractivity contribution is -0.387. The number of nitro groups is 1. The van der Waals surface area contributed by atoms with Crippen molar-refractivity contribution < 1.29 is 28.0 Å². The van der Waals surface area contributed by atoms with Crippen molar-refractivity contribution in [2.24, 2.45) is 0 Å². The molecule has 1 atom stereocenters. The van der Waals surface area contributed by atoms with Crippen LogP contribution >= 0.6 is 0 Å². The van der Waals surface area contributed by atoms with Gasteiger partial charge in [0.2, 0.25) is 10.0 Å². The van der Waals surface area contributed by atoms with Gasteiger partial charge >= 0.3 is 5.97 Å². The summed E-state index contributed by atoms with van der Waals surface area (Å²) in [6, 6.07) is 1.74. The Bertz CT molecular complexity index is 641. The van der Waals surface area contributed by atoms with E-state index >= 15 is 0 Å². The number of nitro benzene ring substituents is 1. The fourth-order valence-corrected chi connectivity index (χ4v) is 2.69. The number of hydrogen-bond donors (Lipinski definition) is 2. The third-order valence-electron chi connectivity index (χ3n) is 2.35. The van der Waals surface area contributed by atoms with Crippen LogP contribution in [0.2, 0.25) is 0 Å². The molecule has 0 fully saturated rings. The summed E-state index contributed by atoms with van der Waals surface area (Å²) in [5.41, 5.74) is -0.700. The predicted molar refractivity (Wildman–Crippen MR) is 67.1 cm³/mol. The summed E-state index contributed by atoms with van der Waals surface area (Å²) in [4.78, 5) is 20.0. The van der Waals surface area contributed by atoms with Crippen molar-refractivity contribution in [2.75, 3.05) is 7.11 Å². The molecule has 9 nitrogen and oxygen atoms in total. The highest BCUT2D eigenvalue weighted by Gasteiger charge is 2.29. The first-order valence-electron chi connectivity index (χ1n) is 5.26. The average molecular weight is 304 g/mol. The number of carboxylic acids is 1. The highest BCUT2D eigenvalue weighted by atomic mass is 32.2. The van der Waals surface area contributed by atoms with Gasteiger partial charge in [-0.2, -0.15) is 4.72 Å². The van der Waals surface area contributed by atoms with Crippen LogP contribution in [0.3, 0.4) is 0 Å². The quantitative estimate of drug-likeness (QED) is 0.571. The molecule has 1 aromatic carbocycles. The molecule has 1 aromatic rings. The molecule has 0 aliphatic heterocycles. The van der Waals surface area contributed by atoms with Crippen molar-refractivity contribution in [2.45, 2.75) is 17.9 Å². The molecule has 0 aliphatic carbocycles. The van der Waals surface area contributed by atoms with Crippen molar-refractivity contribution in [1.82, 2.24) is 4.72 Å². The van der Waals surface area contributed by atoms with E-state index in [9.17, 15) is 23.3 Å². The Morgan fingerprint density at radius 1 is 1.50 bits per heavy atom. The van der Waals surface area contributed by atoms with E-state index in [-0.39, 0.29) is 5.75 Å². The van der Waals surface area contributed by atoms with Crippen LogP contribution in [0, 0.1) is 10.1 Å². The maximum Gasteiger partial charge on any atom is 0.321 e. The van der Waals surface area contributed by atoms with Gasteiger partial charge in [0, 0.05) is 0 Å².